The van der Waals surface area contributed by atoms with Crippen LogP contribution in [-0.4, -0.2) is 16.1 Å². The van der Waals surface area contributed by atoms with Crippen LogP contribution in [0.4, 0.5) is 5.69 Å². The molecule has 0 spiro atoms. The highest BCUT2D eigenvalue weighted by Gasteiger charge is 2.20. The van der Waals surface area contributed by atoms with Crippen LogP contribution in [-0.2, 0) is 4.79 Å². The van der Waals surface area contributed by atoms with Gasteiger partial charge >= 0.3 is 0 Å². The molecule has 0 bridgehead atoms. The minimum atomic E-state index is -0.178. The van der Waals surface area contributed by atoms with Gasteiger partial charge in [-0.3, -0.25) is 4.79 Å². The standard InChI is InChI=1S/C22H24N2OS/c1-5-20(22(25)24-19-12-14(2)10-11-15(19)3)26-21-13-16(4)17-8-6-7-9-18(17)23-21/h6-13,20H,5H2,1-4H3,(H,24,25). The number of hydrogen-bond acceptors (Lipinski definition) is 3. The highest BCUT2D eigenvalue weighted by atomic mass is 32.2. The number of benzene rings is 2. The molecule has 1 aromatic heterocycles. The molecule has 1 heterocycles. The van der Waals surface area contributed by atoms with Gasteiger partial charge in [-0.15, -0.1) is 0 Å². The zero-order valence-corrected chi connectivity index (χ0v) is 16.5. The maximum atomic E-state index is 12.8. The number of thioether (sulfide) groups is 1. The lowest BCUT2D eigenvalue weighted by atomic mass is 10.1. The summed E-state index contributed by atoms with van der Waals surface area (Å²) in [7, 11) is 0. The molecule has 1 amide bonds. The Hall–Kier alpha value is -2.33. The Morgan fingerprint density at radius 1 is 1.08 bits per heavy atom. The van der Waals surface area contributed by atoms with E-state index in [4.69, 9.17) is 4.98 Å². The largest absolute Gasteiger partial charge is 0.325 e. The summed E-state index contributed by atoms with van der Waals surface area (Å²) in [5.74, 6) is 0.0267. The first-order chi connectivity index (χ1) is 12.5. The monoisotopic (exact) mass is 364 g/mol. The number of fused-ring (bicyclic) bond motifs is 1. The smallest absolute Gasteiger partial charge is 0.237 e. The Bertz CT molecular complexity index is 952. The van der Waals surface area contributed by atoms with E-state index in [0.717, 1.165) is 39.2 Å². The summed E-state index contributed by atoms with van der Waals surface area (Å²) < 4.78 is 0. The van der Waals surface area contributed by atoms with Crippen LogP contribution in [0.3, 0.4) is 0 Å². The van der Waals surface area contributed by atoms with E-state index in [1.165, 1.54) is 17.3 Å². The van der Waals surface area contributed by atoms with Crippen LogP contribution in [0.5, 0.6) is 0 Å². The fourth-order valence-corrected chi connectivity index (χ4v) is 3.95. The summed E-state index contributed by atoms with van der Waals surface area (Å²) in [6, 6.07) is 16.3. The summed E-state index contributed by atoms with van der Waals surface area (Å²) in [5, 5.41) is 4.96. The summed E-state index contributed by atoms with van der Waals surface area (Å²) in [4.78, 5) is 17.5. The lowest BCUT2D eigenvalue weighted by Gasteiger charge is -2.16. The normalized spacial score (nSPS) is 12.2. The van der Waals surface area contributed by atoms with E-state index in [0.29, 0.717) is 0 Å². The van der Waals surface area contributed by atoms with E-state index >= 15 is 0 Å². The van der Waals surface area contributed by atoms with Crippen molar-refractivity contribution in [3.63, 3.8) is 0 Å². The molecule has 134 valence electrons. The molecule has 4 heteroatoms. The summed E-state index contributed by atoms with van der Waals surface area (Å²) in [6.07, 6.45) is 0.745. The minimum absolute atomic E-state index is 0.0267. The van der Waals surface area contributed by atoms with Crippen molar-refractivity contribution in [3.8, 4) is 0 Å². The number of nitrogens with one attached hydrogen (secondary N) is 1. The molecule has 0 saturated heterocycles. The van der Waals surface area contributed by atoms with E-state index in [-0.39, 0.29) is 11.2 Å². The number of anilines is 1. The van der Waals surface area contributed by atoms with Gasteiger partial charge in [0.15, 0.2) is 0 Å². The van der Waals surface area contributed by atoms with Gasteiger partial charge in [0.05, 0.1) is 15.8 Å². The summed E-state index contributed by atoms with van der Waals surface area (Å²) in [5.41, 5.74) is 5.25. The Balaban J connectivity index is 1.81. The number of amides is 1. The number of nitrogens with zero attached hydrogens (tertiary/aromatic N) is 1. The first-order valence-electron chi connectivity index (χ1n) is 8.89. The van der Waals surface area contributed by atoms with E-state index in [2.05, 4.69) is 30.4 Å². The average Bonchev–Trinajstić information content (AvgIpc) is 2.62. The van der Waals surface area contributed by atoms with Crippen LogP contribution in [0.25, 0.3) is 10.9 Å². The first kappa shape index (κ1) is 18.5. The topological polar surface area (TPSA) is 42.0 Å². The van der Waals surface area contributed by atoms with Crippen LogP contribution in [0.2, 0.25) is 0 Å². The summed E-state index contributed by atoms with van der Waals surface area (Å²) >= 11 is 1.53. The number of carbonyl (C=O) groups is 1. The maximum Gasteiger partial charge on any atom is 0.237 e. The zero-order chi connectivity index (χ0) is 18.7. The summed E-state index contributed by atoms with van der Waals surface area (Å²) in [6.45, 7) is 8.17. The lowest BCUT2D eigenvalue weighted by molar-refractivity contribution is -0.115. The molecule has 1 unspecified atom stereocenters. The number of hydrogen-bond donors (Lipinski definition) is 1. The van der Waals surface area contributed by atoms with Gasteiger partial charge in [0, 0.05) is 11.1 Å². The Morgan fingerprint density at radius 2 is 1.85 bits per heavy atom. The number of pyridine rings is 1. The van der Waals surface area contributed by atoms with Crippen molar-refractivity contribution < 1.29 is 4.79 Å². The second-order valence-corrected chi connectivity index (χ2v) is 7.84. The van der Waals surface area contributed by atoms with Crippen molar-refractivity contribution in [2.24, 2.45) is 0 Å². The van der Waals surface area contributed by atoms with Crippen LogP contribution in [0, 0.1) is 20.8 Å². The number of para-hydroxylation sites is 1. The van der Waals surface area contributed by atoms with Gasteiger partial charge in [0.25, 0.3) is 0 Å². The van der Waals surface area contributed by atoms with Gasteiger partial charge in [0.2, 0.25) is 5.91 Å². The van der Waals surface area contributed by atoms with E-state index < -0.39 is 0 Å². The molecule has 0 fully saturated rings. The molecule has 1 atom stereocenters. The van der Waals surface area contributed by atoms with E-state index in [1.807, 2.05) is 51.1 Å². The van der Waals surface area contributed by atoms with Gasteiger partial charge in [0.1, 0.15) is 0 Å². The molecule has 0 aliphatic heterocycles. The van der Waals surface area contributed by atoms with Gasteiger partial charge < -0.3 is 5.32 Å². The molecule has 3 aromatic rings. The first-order valence-corrected chi connectivity index (χ1v) is 9.77. The van der Waals surface area contributed by atoms with E-state index in [1.54, 1.807) is 0 Å². The van der Waals surface area contributed by atoms with Crippen molar-refractivity contribution in [1.29, 1.82) is 0 Å². The fourth-order valence-electron chi connectivity index (χ4n) is 2.93. The fraction of sp³-hybridized carbons (Fsp3) is 0.273. The molecule has 0 saturated carbocycles. The highest BCUT2D eigenvalue weighted by Crippen LogP contribution is 2.29. The predicted octanol–water partition coefficient (Wildman–Crippen LogP) is 5.67. The maximum absolute atomic E-state index is 12.8. The second-order valence-electron chi connectivity index (χ2n) is 6.62. The van der Waals surface area contributed by atoms with Crippen LogP contribution in [0.1, 0.15) is 30.0 Å². The van der Waals surface area contributed by atoms with Crippen LogP contribution < -0.4 is 5.32 Å². The lowest BCUT2D eigenvalue weighted by Crippen LogP contribution is -2.25. The molecule has 3 rings (SSSR count). The molecule has 0 radical (unpaired) electrons. The Morgan fingerprint density at radius 3 is 2.62 bits per heavy atom. The van der Waals surface area contributed by atoms with Crippen LogP contribution >= 0.6 is 11.8 Å². The number of rotatable bonds is 5. The molecule has 1 N–H and O–H groups in total. The van der Waals surface area contributed by atoms with Crippen molar-refractivity contribution in [2.45, 2.75) is 44.4 Å². The molecule has 3 nitrogen and oxygen atoms in total. The zero-order valence-electron chi connectivity index (χ0n) is 15.7. The van der Waals surface area contributed by atoms with Crippen molar-refractivity contribution >= 4 is 34.3 Å². The third kappa shape index (κ3) is 4.07. The third-order valence-corrected chi connectivity index (χ3v) is 5.76. The molecular weight excluding hydrogens is 340 g/mol. The molecule has 0 aliphatic rings. The second kappa shape index (κ2) is 7.92. The molecule has 26 heavy (non-hydrogen) atoms. The Kier molecular flexibility index (Phi) is 5.62. The van der Waals surface area contributed by atoms with Crippen molar-refractivity contribution in [2.75, 3.05) is 5.32 Å². The third-order valence-electron chi connectivity index (χ3n) is 4.48. The van der Waals surface area contributed by atoms with E-state index in [9.17, 15) is 4.79 Å². The van der Waals surface area contributed by atoms with Gasteiger partial charge in [-0.25, -0.2) is 4.98 Å². The number of aryl methyl sites for hydroxylation is 3. The van der Waals surface area contributed by atoms with Gasteiger partial charge in [-0.2, -0.15) is 0 Å². The number of aromatic nitrogens is 1. The average molecular weight is 365 g/mol. The molecule has 2 aromatic carbocycles. The Labute approximate surface area is 159 Å². The SMILES string of the molecule is CCC(Sc1cc(C)c2ccccc2n1)C(=O)Nc1cc(C)ccc1C. The van der Waals surface area contributed by atoms with Gasteiger partial charge in [-0.05, 0) is 62.1 Å². The van der Waals surface area contributed by atoms with Crippen LogP contribution in [0.15, 0.2) is 53.6 Å². The molecular formula is C22H24N2OS. The number of carbonyl (C=O) groups excluding carboxylic acids is 1. The quantitative estimate of drug-likeness (QED) is 0.593. The minimum Gasteiger partial charge on any atom is -0.325 e. The van der Waals surface area contributed by atoms with Crippen molar-refractivity contribution in [1.82, 2.24) is 4.98 Å². The highest BCUT2D eigenvalue weighted by molar-refractivity contribution is 8.00. The predicted molar refractivity (Wildman–Crippen MR) is 111 cm³/mol. The van der Waals surface area contributed by atoms with Gasteiger partial charge in [-0.1, -0.05) is 49.0 Å². The molecule has 0 aliphatic carbocycles. The van der Waals surface area contributed by atoms with Crippen molar-refractivity contribution in [3.05, 3.63) is 65.2 Å².